The second-order valence-corrected chi connectivity index (χ2v) is 3.80. The molecule has 0 N–H and O–H groups in total. The van der Waals surface area contributed by atoms with Gasteiger partial charge < -0.3 is 6.42 Å². The van der Waals surface area contributed by atoms with E-state index in [1.165, 1.54) is 5.56 Å². The van der Waals surface area contributed by atoms with Crippen molar-refractivity contribution in [2.24, 2.45) is 0 Å². The van der Waals surface area contributed by atoms with E-state index in [2.05, 4.69) is 45.4 Å². The molecular weight excluding hydrogens is 245 g/mol. The van der Waals surface area contributed by atoms with Crippen LogP contribution in [0.4, 0.5) is 0 Å². The number of benzene rings is 1. The van der Waals surface area contributed by atoms with E-state index in [1.807, 2.05) is 12.1 Å². The fourth-order valence-corrected chi connectivity index (χ4v) is 1.66. The van der Waals surface area contributed by atoms with Crippen LogP contribution in [0.2, 0.25) is 0 Å². The minimum absolute atomic E-state index is 0. The quantitative estimate of drug-likeness (QED) is 0.725. The maximum Gasteiger partial charge on any atom is 0 e. The topological polar surface area (TPSA) is 0 Å². The molecule has 0 nitrogen and oxygen atoms in total. The summed E-state index contributed by atoms with van der Waals surface area (Å²) in [6, 6.07) is 11.6. The van der Waals surface area contributed by atoms with Crippen molar-refractivity contribution in [3.8, 4) is 0 Å². The molecule has 0 saturated heterocycles. The van der Waals surface area contributed by atoms with Gasteiger partial charge in [0.1, 0.15) is 0 Å². The third-order valence-corrected chi connectivity index (χ3v) is 2.79. The van der Waals surface area contributed by atoms with E-state index in [9.17, 15) is 0 Å². The molecule has 0 amide bonds. The van der Waals surface area contributed by atoms with Crippen molar-refractivity contribution in [3.63, 3.8) is 0 Å². The normalized spacial score (nSPS) is 14.2. The SMILES string of the molecule is C[CH-]CC(C)(CC)c1[c-]cccc1.[Y]. The molecule has 14 heavy (non-hydrogen) atoms. The van der Waals surface area contributed by atoms with E-state index in [1.54, 1.807) is 0 Å². The molecule has 1 radical (unpaired) electrons. The van der Waals surface area contributed by atoms with E-state index < -0.39 is 0 Å². The van der Waals surface area contributed by atoms with Crippen molar-refractivity contribution in [2.75, 3.05) is 0 Å². The summed E-state index contributed by atoms with van der Waals surface area (Å²) >= 11 is 0. The van der Waals surface area contributed by atoms with Crippen LogP contribution < -0.4 is 0 Å². The van der Waals surface area contributed by atoms with Crippen molar-refractivity contribution in [3.05, 3.63) is 42.3 Å². The van der Waals surface area contributed by atoms with Crippen LogP contribution in [0.5, 0.6) is 0 Å². The maximum absolute atomic E-state index is 3.32. The summed E-state index contributed by atoms with van der Waals surface area (Å²) in [4.78, 5) is 0. The van der Waals surface area contributed by atoms with Gasteiger partial charge in [-0.15, -0.1) is 0 Å². The fourth-order valence-electron chi connectivity index (χ4n) is 1.66. The minimum atomic E-state index is 0. The molecule has 1 atom stereocenters. The molecular formula is C13H18Y-2. The zero-order valence-corrected chi connectivity index (χ0v) is 12.2. The summed E-state index contributed by atoms with van der Waals surface area (Å²) in [5, 5.41) is 0. The molecule has 1 heteroatoms. The Morgan fingerprint density at radius 2 is 2.14 bits per heavy atom. The third-order valence-electron chi connectivity index (χ3n) is 2.79. The molecule has 0 heterocycles. The maximum atomic E-state index is 3.32. The summed E-state index contributed by atoms with van der Waals surface area (Å²) < 4.78 is 0. The van der Waals surface area contributed by atoms with Gasteiger partial charge in [0.15, 0.2) is 0 Å². The van der Waals surface area contributed by atoms with Gasteiger partial charge in [-0.25, -0.2) is 0 Å². The Kier molecular flexibility index (Phi) is 6.90. The molecule has 1 aromatic carbocycles. The molecule has 0 spiro atoms. The summed E-state index contributed by atoms with van der Waals surface area (Å²) in [5.74, 6) is 0. The monoisotopic (exact) mass is 263 g/mol. The van der Waals surface area contributed by atoms with Crippen molar-refractivity contribution >= 4 is 0 Å². The third kappa shape index (κ3) is 3.48. The molecule has 1 aromatic rings. The summed E-state index contributed by atoms with van der Waals surface area (Å²) in [5.41, 5.74) is 1.60. The number of rotatable bonds is 4. The van der Waals surface area contributed by atoms with Crippen LogP contribution in [0.1, 0.15) is 39.2 Å². The summed E-state index contributed by atoms with van der Waals surface area (Å²) in [7, 11) is 0. The minimum Gasteiger partial charge on any atom is -0.331 e. The number of hydrogen-bond acceptors (Lipinski definition) is 0. The largest absolute Gasteiger partial charge is 0.331 e. The van der Waals surface area contributed by atoms with Gasteiger partial charge in [0.25, 0.3) is 0 Å². The zero-order chi connectivity index (χ0) is 9.73. The van der Waals surface area contributed by atoms with Gasteiger partial charge in [0, 0.05) is 32.7 Å². The average molecular weight is 263 g/mol. The molecule has 75 valence electrons. The van der Waals surface area contributed by atoms with Crippen LogP contribution in [0, 0.1) is 12.5 Å². The Bertz CT molecular complexity index is 243. The van der Waals surface area contributed by atoms with Crippen LogP contribution in [0.15, 0.2) is 24.3 Å². The van der Waals surface area contributed by atoms with E-state index in [4.69, 9.17) is 0 Å². The van der Waals surface area contributed by atoms with Crippen molar-refractivity contribution < 1.29 is 32.7 Å². The first kappa shape index (κ1) is 14.3. The molecule has 0 fully saturated rings. The molecule has 0 bridgehead atoms. The fraction of sp³-hybridized carbons (Fsp3) is 0.462. The molecule has 0 aliphatic carbocycles. The first-order valence-electron chi connectivity index (χ1n) is 4.98. The Morgan fingerprint density at radius 3 is 2.57 bits per heavy atom. The predicted octanol–water partition coefficient (Wildman–Crippen LogP) is 3.77. The van der Waals surface area contributed by atoms with Crippen molar-refractivity contribution in [1.29, 1.82) is 0 Å². The molecule has 1 rings (SSSR count). The standard InChI is InChI=1S/C13H18.Y/c1-4-11-13(3,5-2)12-9-7-6-8-10-12;/h4,6-9H,5,11H2,1-3H3;/q-2;. The summed E-state index contributed by atoms with van der Waals surface area (Å²) in [6.07, 6.45) is 4.53. The molecule has 0 aromatic heterocycles. The smallest absolute Gasteiger partial charge is 0 e. The van der Waals surface area contributed by atoms with Gasteiger partial charge in [-0.2, -0.15) is 49.2 Å². The summed E-state index contributed by atoms with van der Waals surface area (Å²) in [6.45, 7) is 6.67. The van der Waals surface area contributed by atoms with Crippen LogP contribution in [0.3, 0.4) is 0 Å². The molecule has 1 unspecified atom stereocenters. The van der Waals surface area contributed by atoms with Crippen LogP contribution in [0.25, 0.3) is 0 Å². The second kappa shape index (κ2) is 6.74. The van der Waals surface area contributed by atoms with Gasteiger partial charge >= 0.3 is 0 Å². The first-order valence-corrected chi connectivity index (χ1v) is 4.98. The Labute approximate surface area is 113 Å². The Hall–Kier alpha value is 0.324. The van der Waals surface area contributed by atoms with E-state index in [0.29, 0.717) is 0 Å². The van der Waals surface area contributed by atoms with E-state index in [0.717, 1.165) is 12.8 Å². The first-order chi connectivity index (χ1) is 6.23. The molecule has 0 aliphatic rings. The molecule has 0 saturated carbocycles. The van der Waals surface area contributed by atoms with Crippen LogP contribution in [-0.4, -0.2) is 0 Å². The van der Waals surface area contributed by atoms with Gasteiger partial charge in [-0.3, -0.25) is 0 Å². The van der Waals surface area contributed by atoms with E-state index in [-0.39, 0.29) is 38.1 Å². The average Bonchev–Trinajstić information content (AvgIpc) is 2.19. The van der Waals surface area contributed by atoms with Gasteiger partial charge in [-0.1, -0.05) is 25.7 Å². The second-order valence-electron chi connectivity index (χ2n) is 3.80. The Balaban J connectivity index is 0.00000169. The van der Waals surface area contributed by atoms with Crippen molar-refractivity contribution in [1.82, 2.24) is 0 Å². The van der Waals surface area contributed by atoms with Crippen molar-refractivity contribution in [2.45, 2.75) is 39.0 Å². The Morgan fingerprint density at radius 1 is 1.43 bits per heavy atom. The number of hydrogen-bond donors (Lipinski definition) is 0. The molecule has 0 aliphatic heterocycles. The zero-order valence-electron chi connectivity index (χ0n) is 9.38. The van der Waals surface area contributed by atoms with Crippen LogP contribution in [-0.2, 0) is 38.1 Å². The van der Waals surface area contributed by atoms with E-state index >= 15 is 0 Å². The van der Waals surface area contributed by atoms with Gasteiger partial charge in [0.05, 0.1) is 0 Å². The van der Waals surface area contributed by atoms with Crippen LogP contribution >= 0.6 is 0 Å². The van der Waals surface area contributed by atoms with Gasteiger partial charge in [0.2, 0.25) is 0 Å². The predicted molar refractivity (Wildman–Crippen MR) is 57.5 cm³/mol. The van der Waals surface area contributed by atoms with Gasteiger partial charge in [-0.05, 0) is 0 Å².